The SMILES string of the molecule is COCC1(CNc2ccc3ccccc3n2)CCCN1. The largest absolute Gasteiger partial charge is 0.383 e. The number of para-hydroxylation sites is 1. The van der Waals surface area contributed by atoms with Crippen molar-refractivity contribution in [2.75, 3.05) is 32.1 Å². The molecular weight excluding hydrogens is 250 g/mol. The van der Waals surface area contributed by atoms with Crippen molar-refractivity contribution in [3.8, 4) is 0 Å². The number of aromatic nitrogens is 1. The van der Waals surface area contributed by atoms with Gasteiger partial charge in [0.15, 0.2) is 0 Å². The van der Waals surface area contributed by atoms with Crippen molar-refractivity contribution in [1.29, 1.82) is 0 Å². The fourth-order valence-corrected chi connectivity index (χ4v) is 2.89. The minimum atomic E-state index is 0.0437. The van der Waals surface area contributed by atoms with Crippen LogP contribution in [-0.4, -0.2) is 37.3 Å². The van der Waals surface area contributed by atoms with Gasteiger partial charge in [0.25, 0.3) is 0 Å². The molecule has 0 spiro atoms. The Balaban J connectivity index is 1.72. The van der Waals surface area contributed by atoms with Gasteiger partial charge in [-0.2, -0.15) is 0 Å². The van der Waals surface area contributed by atoms with Crippen LogP contribution < -0.4 is 10.6 Å². The Bertz CT molecular complexity index is 579. The van der Waals surface area contributed by atoms with E-state index in [-0.39, 0.29) is 5.54 Å². The molecule has 0 bridgehead atoms. The lowest BCUT2D eigenvalue weighted by Gasteiger charge is -2.29. The number of rotatable bonds is 5. The molecule has 0 radical (unpaired) electrons. The zero-order chi connectivity index (χ0) is 13.8. The summed E-state index contributed by atoms with van der Waals surface area (Å²) in [4.78, 5) is 4.65. The van der Waals surface area contributed by atoms with Gasteiger partial charge >= 0.3 is 0 Å². The van der Waals surface area contributed by atoms with Crippen molar-refractivity contribution in [1.82, 2.24) is 10.3 Å². The number of hydrogen-bond donors (Lipinski definition) is 2. The van der Waals surface area contributed by atoms with E-state index in [4.69, 9.17) is 4.74 Å². The molecule has 106 valence electrons. The number of pyridine rings is 1. The fourth-order valence-electron chi connectivity index (χ4n) is 2.89. The summed E-state index contributed by atoms with van der Waals surface area (Å²) in [5, 5.41) is 8.18. The van der Waals surface area contributed by atoms with E-state index in [9.17, 15) is 0 Å². The first kappa shape index (κ1) is 13.3. The number of fused-ring (bicyclic) bond motifs is 1. The van der Waals surface area contributed by atoms with E-state index in [0.717, 1.165) is 37.5 Å². The number of ether oxygens (including phenoxy) is 1. The third-order valence-electron chi connectivity index (χ3n) is 3.96. The van der Waals surface area contributed by atoms with Crippen molar-refractivity contribution in [2.45, 2.75) is 18.4 Å². The molecule has 1 saturated heterocycles. The number of nitrogens with zero attached hydrogens (tertiary/aromatic N) is 1. The molecule has 4 nitrogen and oxygen atoms in total. The Kier molecular flexibility index (Phi) is 3.85. The van der Waals surface area contributed by atoms with Gasteiger partial charge in [0.2, 0.25) is 0 Å². The molecule has 1 aliphatic heterocycles. The Labute approximate surface area is 119 Å². The maximum Gasteiger partial charge on any atom is 0.126 e. The molecule has 2 heterocycles. The van der Waals surface area contributed by atoms with Gasteiger partial charge in [-0.15, -0.1) is 0 Å². The standard InChI is InChI=1S/C16H21N3O/c1-20-12-16(9-4-10-18-16)11-17-15-8-7-13-5-2-3-6-14(13)19-15/h2-3,5-8,18H,4,9-12H2,1H3,(H,17,19). The minimum absolute atomic E-state index is 0.0437. The van der Waals surface area contributed by atoms with Gasteiger partial charge in [-0.1, -0.05) is 18.2 Å². The molecule has 1 fully saturated rings. The lowest BCUT2D eigenvalue weighted by Crippen LogP contribution is -2.49. The number of methoxy groups -OCH3 is 1. The second kappa shape index (κ2) is 5.77. The molecule has 3 rings (SSSR count). The number of nitrogens with one attached hydrogen (secondary N) is 2. The van der Waals surface area contributed by atoms with Gasteiger partial charge in [-0.05, 0) is 37.6 Å². The highest BCUT2D eigenvalue weighted by Crippen LogP contribution is 2.21. The van der Waals surface area contributed by atoms with Crippen molar-refractivity contribution in [3.05, 3.63) is 36.4 Å². The van der Waals surface area contributed by atoms with Crippen LogP contribution in [0, 0.1) is 0 Å². The summed E-state index contributed by atoms with van der Waals surface area (Å²) in [6.07, 6.45) is 2.34. The monoisotopic (exact) mass is 271 g/mol. The van der Waals surface area contributed by atoms with Gasteiger partial charge in [0.1, 0.15) is 5.82 Å². The molecule has 0 saturated carbocycles. The van der Waals surface area contributed by atoms with Crippen LogP contribution in [0.2, 0.25) is 0 Å². The summed E-state index contributed by atoms with van der Waals surface area (Å²) in [6.45, 7) is 2.63. The summed E-state index contributed by atoms with van der Waals surface area (Å²) < 4.78 is 5.36. The van der Waals surface area contributed by atoms with Crippen molar-refractivity contribution < 1.29 is 4.74 Å². The maximum atomic E-state index is 5.36. The quantitative estimate of drug-likeness (QED) is 0.876. The van der Waals surface area contributed by atoms with E-state index in [0.29, 0.717) is 0 Å². The van der Waals surface area contributed by atoms with Gasteiger partial charge in [0.05, 0.1) is 17.7 Å². The molecule has 1 unspecified atom stereocenters. The number of anilines is 1. The Hall–Kier alpha value is -1.65. The van der Waals surface area contributed by atoms with E-state index in [1.807, 2.05) is 24.3 Å². The highest BCUT2D eigenvalue weighted by atomic mass is 16.5. The summed E-state index contributed by atoms with van der Waals surface area (Å²) in [5.41, 5.74) is 1.07. The highest BCUT2D eigenvalue weighted by Gasteiger charge is 2.33. The van der Waals surface area contributed by atoms with Crippen LogP contribution in [0.1, 0.15) is 12.8 Å². The Morgan fingerprint density at radius 2 is 2.20 bits per heavy atom. The molecule has 2 N–H and O–H groups in total. The Morgan fingerprint density at radius 1 is 1.30 bits per heavy atom. The second-order valence-corrected chi connectivity index (χ2v) is 5.49. The first-order valence-electron chi connectivity index (χ1n) is 7.15. The molecule has 1 aromatic carbocycles. The normalized spacial score (nSPS) is 22.2. The molecule has 0 aliphatic carbocycles. The zero-order valence-electron chi connectivity index (χ0n) is 11.9. The van der Waals surface area contributed by atoms with E-state index in [1.165, 1.54) is 11.8 Å². The van der Waals surface area contributed by atoms with E-state index >= 15 is 0 Å². The molecule has 0 amide bonds. The predicted molar refractivity (Wildman–Crippen MR) is 82.1 cm³/mol. The van der Waals surface area contributed by atoms with E-state index < -0.39 is 0 Å². The fraction of sp³-hybridized carbons (Fsp3) is 0.438. The molecular formula is C16H21N3O. The lowest BCUT2D eigenvalue weighted by molar-refractivity contribution is 0.127. The first-order valence-corrected chi connectivity index (χ1v) is 7.15. The van der Waals surface area contributed by atoms with Gasteiger partial charge in [-0.3, -0.25) is 0 Å². The van der Waals surface area contributed by atoms with Crippen molar-refractivity contribution in [3.63, 3.8) is 0 Å². The van der Waals surface area contributed by atoms with Crippen molar-refractivity contribution in [2.24, 2.45) is 0 Å². The predicted octanol–water partition coefficient (Wildman–Crippen LogP) is 2.42. The summed E-state index contributed by atoms with van der Waals surface area (Å²) >= 11 is 0. The number of hydrogen-bond acceptors (Lipinski definition) is 4. The van der Waals surface area contributed by atoms with Gasteiger partial charge in [-0.25, -0.2) is 4.98 Å². The molecule has 1 aromatic heterocycles. The summed E-state index contributed by atoms with van der Waals surface area (Å²) in [5.74, 6) is 0.924. The van der Waals surface area contributed by atoms with Gasteiger partial charge < -0.3 is 15.4 Å². The maximum absolute atomic E-state index is 5.36. The lowest BCUT2D eigenvalue weighted by atomic mass is 9.99. The third kappa shape index (κ3) is 2.76. The van der Waals surface area contributed by atoms with Crippen LogP contribution in [0.15, 0.2) is 36.4 Å². The topological polar surface area (TPSA) is 46.2 Å². The second-order valence-electron chi connectivity index (χ2n) is 5.49. The first-order chi connectivity index (χ1) is 9.81. The molecule has 4 heteroatoms. The van der Waals surface area contributed by atoms with Crippen LogP contribution in [0.25, 0.3) is 10.9 Å². The smallest absolute Gasteiger partial charge is 0.126 e. The van der Waals surface area contributed by atoms with Crippen molar-refractivity contribution >= 4 is 16.7 Å². The summed E-state index contributed by atoms with van der Waals surface area (Å²) in [7, 11) is 1.76. The van der Waals surface area contributed by atoms with Crippen LogP contribution in [0.3, 0.4) is 0 Å². The van der Waals surface area contributed by atoms with Crippen LogP contribution in [-0.2, 0) is 4.74 Å². The number of benzene rings is 1. The van der Waals surface area contributed by atoms with Crippen LogP contribution >= 0.6 is 0 Å². The van der Waals surface area contributed by atoms with E-state index in [1.54, 1.807) is 7.11 Å². The minimum Gasteiger partial charge on any atom is -0.383 e. The van der Waals surface area contributed by atoms with Gasteiger partial charge in [0, 0.05) is 19.0 Å². The molecule has 20 heavy (non-hydrogen) atoms. The van der Waals surface area contributed by atoms with Crippen LogP contribution in [0.5, 0.6) is 0 Å². The summed E-state index contributed by atoms with van der Waals surface area (Å²) in [6, 6.07) is 12.3. The average Bonchev–Trinajstić information content (AvgIpc) is 2.94. The Morgan fingerprint density at radius 3 is 3.00 bits per heavy atom. The molecule has 1 atom stereocenters. The molecule has 2 aromatic rings. The molecule has 1 aliphatic rings. The third-order valence-corrected chi connectivity index (χ3v) is 3.96. The van der Waals surface area contributed by atoms with Crippen LogP contribution in [0.4, 0.5) is 5.82 Å². The zero-order valence-corrected chi connectivity index (χ0v) is 11.9. The average molecular weight is 271 g/mol. The highest BCUT2D eigenvalue weighted by molar-refractivity contribution is 5.80. The van der Waals surface area contributed by atoms with E-state index in [2.05, 4.69) is 27.8 Å².